The molecule has 1 atom stereocenters. The molecule has 96 valence electrons. The molecule has 18 heavy (non-hydrogen) atoms. The number of hydrogen-bond donors (Lipinski definition) is 1. The van der Waals surface area contributed by atoms with E-state index in [4.69, 9.17) is 4.74 Å². The number of rotatable bonds is 4. The highest BCUT2D eigenvalue weighted by atomic mass is 32.1. The second-order valence-electron chi connectivity index (χ2n) is 3.81. The summed E-state index contributed by atoms with van der Waals surface area (Å²) in [6, 6.07) is 5.07. The van der Waals surface area contributed by atoms with Crippen molar-refractivity contribution < 1.29 is 18.6 Å². The molecule has 2 nitrogen and oxygen atoms in total. The van der Waals surface area contributed by atoms with Crippen molar-refractivity contribution in [1.29, 1.82) is 0 Å². The number of hydrogen-bond acceptors (Lipinski definition) is 3. The molecule has 0 fully saturated rings. The lowest BCUT2D eigenvalue weighted by Crippen LogP contribution is -2.03. The van der Waals surface area contributed by atoms with E-state index in [2.05, 4.69) is 0 Å². The maximum Gasteiger partial charge on any atom is 0.135 e. The molecule has 1 unspecified atom stereocenters. The van der Waals surface area contributed by atoms with Crippen LogP contribution in [0.3, 0.4) is 0 Å². The zero-order valence-corrected chi connectivity index (χ0v) is 10.5. The smallest absolute Gasteiger partial charge is 0.135 e. The molecule has 0 aliphatic carbocycles. The fourth-order valence-corrected chi connectivity index (χ4v) is 2.56. The second kappa shape index (κ2) is 5.46. The quantitative estimate of drug-likeness (QED) is 0.923. The lowest BCUT2D eigenvalue weighted by atomic mass is 10.1. The number of ether oxygens (including phenoxy) is 1. The predicted octanol–water partition coefficient (Wildman–Crippen LogP) is 3.31. The third kappa shape index (κ3) is 2.68. The highest BCUT2D eigenvalue weighted by Crippen LogP contribution is 2.33. The zero-order chi connectivity index (χ0) is 13.1. The first-order chi connectivity index (χ1) is 8.61. The predicted molar refractivity (Wildman–Crippen MR) is 65.9 cm³/mol. The molecular formula is C13H12F2O2S. The Morgan fingerprint density at radius 1 is 1.33 bits per heavy atom. The number of aliphatic hydroxyl groups excluding tert-OH is 1. The van der Waals surface area contributed by atoms with E-state index in [1.54, 1.807) is 11.4 Å². The van der Waals surface area contributed by atoms with Crippen LogP contribution in [-0.2, 0) is 6.42 Å². The zero-order valence-electron chi connectivity index (χ0n) is 9.69. The van der Waals surface area contributed by atoms with Gasteiger partial charge in [-0.3, -0.25) is 0 Å². The minimum atomic E-state index is -0.861. The van der Waals surface area contributed by atoms with Crippen LogP contribution in [-0.4, -0.2) is 12.2 Å². The fraction of sp³-hybridized carbons (Fsp3) is 0.231. The first kappa shape index (κ1) is 13.0. The monoisotopic (exact) mass is 270 g/mol. The summed E-state index contributed by atoms with van der Waals surface area (Å²) in [5, 5.41) is 11.8. The molecule has 0 aliphatic rings. The summed E-state index contributed by atoms with van der Waals surface area (Å²) in [6.07, 6.45) is -0.775. The molecule has 1 N–H and O–H groups in total. The fourth-order valence-electron chi connectivity index (χ4n) is 1.71. The SMILES string of the molecule is COc1ccsc1C(O)Cc1ccc(F)cc1F. The van der Waals surface area contributed by atoms with Gasteiger partial charge < -0.3 is 9.84 Å². The summed E-state index contributed by atoms with van der Waals surface area (Å²) in [6.45, 7) is 0. The molecule has 0 aliphatic heterocycles. The topological polar surface area (TPSA) is 29.5 Å². The standard InChI is InChI=1S/C13H12F2O2S/c1-17-12-4-5-18-13(12)11(16)6-8-2-3-9(14)7-10(8)15/h2-5,7,11,16H,6H2,1H3. The molecule has 0 radical (unpaired) electrons. The Morgan fingerprint density at radius 3 is 2.78 bits per heavy atom. The average molecular weight is 270 g/mol. The van der Waals surface area contributed by atoms with Crippen LogP contribution in [0, 0.1) is 11.6 Å². The molecule has 5 heteroatoms. The Morgan fingerprint density at radius 2 is 2.11 bits per heavy atom. The van der Waals surface area contributed by atoms with E-state index >= 15 is 0 Å². The number of methoxy groups -OCH3 is 1. The van der Waals surface area contributed by atoms with Gasteiger partial charge in [0.25, 0.3) is 0 Å². The normalized spacial score (nSPS) is 12.4. The largest absolute Gasteiger partial charge is 0.495 e. The minimum absolute atomic E-state index is 0.0863. The van der Waals surface area contributed by atoms with E-state index in [0.29, 0.717) is 10.6 Å². The van der Waals surface area contributed by atoms with Crippen LogP contribution in [0.2, 0.25) is 0 Å². The Labute approximate surface area is 107 Å². The highest BCUT2D eigenvalue weighted by Gasteiger charge is 2.17. The molecule has 0 saturated carbocycles. The number of aliphatic hydroxyl groups is 1. The van der Waals surface area contributed by atoms with E-state index in [1.165, 1.54) is 30.6 Å². The van der Waals surface area contributed by atoms with Gasteiger partial charge >= 0.3 is 0 Å². The van der Waals surface area contributed by atoms with Gasteiger partial charge in [-0.2, -0.15) is 0 Å². The van der Waals surface area contributed by atoms with Crippen LogP contribution in [0.1, 0.15) is 16.5 Å². The minimum Gasteiger partial charge on any atom is -0.495 e. The molecule has 0 saturated heterocycles. The Kier molecular flexibility index (Phi) is 3.93. The van der Waals surface area contributed by atoms with E-state index in [9.17, 15) is 13.9 Å². The van der Waals surface area contributed by atoms with Gasteiger partial charge in [0, 0.05) is 12.5 Å². The van der Waals surface area contributed by atoms with Crippen molar-refractivity contribution >= 4 is 11.3 Å². The van der Waals surface area contributed by atoms with Gasteiger partial charge in [0.15, 0.2) is 0 Å². The van der Waals surface area contributed by atoms with Gasteiger partial charge in [0.05, 0.1) is 18.1 Å². The van der Waals surface area contributed by atoms with Crippen LogP contribution in [0.5, 0.6) is 5.75 Å². The average Bonchev–Trinajstić information content (AvgIpc) is 2.81. The summed E-state index contributed by atoms with van der Waals surface area (Å²) in [5.74, 6) is -0.695. The van der Waals surface area contributed by atoms with Crippen molar-refractivity contribution in [3.8, 4) is 5.75 Å². The van der Waals surface area contributed by atoms with Gasteiger partial charge in [-0.15, -0.1) is 11.3 Å². The second-order valence-corrected chi connectivity index (χ2v) is 4.76. The molecule has 2 aromatic rings. The first-order valence-electron chi connectivity index (χ1n) is 5.35. The van der Waals surface area contributed by atoms with Crippen molar-refractivity contribution in [2.24, 2.45) is 0 Å². The highest BCUT2D eigenvalue weighted by molar-refractivity contribution is 7.10. The molecule has 1 aromatic heterocycles. The number of thiophene rings is 1. The van der Waals surface area contributed by atoms with Gasteiger partial charge in [0.1, 0.15) is 17.4 Å². The Hall–Kier alpha value is -1.46. The molecule has 1 aromatic carbocycles. The van der Waals surface area contributed by atoms with Crippen LogP contribution in [0.25, 0.3) is 0 Å². The number of halogens is 2. The summed E-state index contributed by atoms with van der Waals surface area (Å²) in [5.41, 5.74) is 0.277. The van der Waals surface area contributed by atoms with E-state index < -0.39 is 17.7 Å². The van der Waals surface area contributed by atoms with E-state index in [-0.39, 0.29) is 12.0 Å². The van der Waals surface area contributed by atoms with E-state index in [1.807, 2.05) is 0 Å². The van der Waals surface area contributed by atoms with E-state index in [0.717, 1.165) is 6.07 Å². The lowest BCUT2D eigenvalue weighted by Gasteiger charge is -2.11. The molecule has 0 bridgehead atoms. The van der Waals surface area contributed by atoms with Gasteiger partial charge in [-0.25, -0.2) is 8.78 Å². The van der Waals surface area contributed by atoms with Crippen LogP contribution >= 0.6 is 11.3 Å². The maximum absolute atomic E-state index is 13.5. The molecular weight excluding hydrogens is 258 g/mol. The van der Waals surface area contributed by atoms with Crippen molar-refractivity contribution in [2.75, 3.05) is 7.11 Å². The van der Waals surface area contributed by atoms with Gasteiger partial charge in [-0.1, -0.05) is 6.07 Å². The summed E-state index contributed by atoms with van der Waals surface area (Å²) in [7, 11) is 1.51. The third-order valence-corrected chi connectivity index (χ3v) is 3.61. The van der Waals surface area contributed by atoms with Crippen molar-refractivity contribution in [1.82, 2.24) is 0 Å². The van der Waals surface area contributed by atoms with Crippen molar-refractivity contribution in [3.63, 3.8) is 0 Å². The summed E-state index contributed by atoms with van der Waals surface area (Å²) < 4.78 is 31.3. The summed E-state index contributed by atoms with van der Waals surface area (Å²) in [4.78, 5) is 0.640. The van der Waals surface area contributed by atoms with Crippen LogP contribution in [0.4, 0.5) is 8.78 Å². The Bertz CT molecular complexity index is 540. The first-order valence-corrected chi connectivity index (χ1v) is 6.23. The summed E-state index contributed by atoms with van der Waals surface area (Å²) >= 11 is 1.34. The molecule has 1 heterocycles. The lowest BCUT2D eigenvalue weighted by molar-refractivity contribution is 0.177. The van der Waals surface area contributed by atoms with Crippen molar-refractivity contribution in [3.05, 3.63) is 51.7 Å². The third-order valence-electron chi connectivity index (χ3n) is 2.61. The maximum atomic E-state index is 13.5. The van der Waals surface area contributed by atoms with Crippen LogP contribution in [0.15, 0.2) is 29.6 Å². The molecule has 0 spiro atoms. The van der Waals surface area contributed by atoms with Crippen LogP contribution < -0.4 is 4.74 Å². The number of benzene rings is 1. The van der Waals surface area contributed by atoms with Gasteiger partial charge in [-0.05, 0) is 23.1 Å². The van der Waals surface area contributed by atoms with Gasteiger partial charge in [0.2, 0.25) is 0 Å². The van der Waals surface area contributed by atoms with Crippen molar-refractivity contribution in [2.45, 2.75) is 12.5 Å². The Balaban J connectivity index is 2.18. The molecule has 2 rings (SSSR count). The molecule has 0 amide bonds.